The second-order valence-corrected chi connectivity index (χ2v) is 6.14. The first-order valence-electron chi connectivity index (χ1n) is 6.90. The zero-order valence-corrected chi connectivity index (χ0v) is 13.1. The number of fused-ring (bicyclic) bond motifs is 1. The summed E-state index contributed by atoms with van der Waals surface area (Å²) in [7, 11) is 0. The molecule has 0 fully saturated rings. The molecule has 3 rings (SSSR count). The van der Waals surface area contributed by atoms with Crippen molar-refractivity contribution >= 4 is 33.1 Å². The lowest BCUT2D eigenvalue weighted by molar-refractivity contribution is -0.467. The van der Waals surface area contributed by atoms with Crippen LogP contribution in [0.1, 0.15) is 5.56 Å². The molecular weight excluding hydrogens is 314 g/mol. The Labute approximate surface area is 135 Å². The molecule has 0 aliphatic carbocycles. The molecule has 7 heteroatoms. The van der Waals surface area contributed by atoms with E-state index in [-0.39, 0.29) is 0 Å². The highest BCUT2D eigenvalue weighted by Gasteiger charge is 2.10. The minimum absolute atomic E-state index is 0.526. The van der Waals surface area contributed by atoms with Gasteiger partial charge in [0, 0.05) is 16.2 Å². The van der Waals surface area contributed by atoms with E-state index in [1.807, 2.05) is 31.2 Å². The molecule has 1 heterocycles. The third-order valence-electron chi connectivity index (χ3n) is 3.23. The molecule has 3 aromatic rings. The average Bonchev–Trinajstić information content (AvgIpc) is 2.90. The Bertz CT molecular complexity index is 887. The van der Waals surface area contributed by atoms with Crippen LogP contribution in [0.2, 0.25) is 0 Å². The van der Waals surface area contributed by atoms with Crippen LogP contribution in [0.5, 0.6) is 0 Å². The monoisotopic (exact) mass is 327 g/mol. The van der Waals surface area contributed by atoms with Gasteiger partial charge in [0.1, 0.15) is 5.01 Å². The lowest BCUT2D eigenvalue weighted by atomic mass is 10.2. The third kappa shape index (κ3) is 3.51. The van der Waals surface area contributed by atoms with Crippen LogP contribution in [0, 0.1) is 17.0 Å². The van der Waals surface area contributed by atoms with Gasteiger partial charge in [-0.25, -0.2) is 4.98 Å². The molecule has 6 nitrogen and oxygen atoms in total. The van der Waals surface area contributed by atoms with Gasteiger partial charge in [0.15, 0.2) is 0 Å². The Balaban J connectivity index is 1.80. The highest BCUT2D eigenvalue weighted by atomic mass is 32.1. The maximum atomic E-state index is 11.4. The van der Waals surface area contributed by atoms with E-state index in [2.05, 4.69) is 16.4 Å². The van der Waals surface area contributed by atoms with Gasteiger partial charge >= 0.3 is 0 Å². The van der Waals surface area contributed by atoms with E-state index in [4.69, 9.17) is 0 Å². The van der Waals surface area contributed by atoms with Crippen LogP contribution in [0.25, 0.3) is 20.8 Å². The zero-order chi connectivity index (χ0) is 16.4. The largest absolute Gasteiger partial charge is 0.320 e. The SMILES string of the molecule is Cc1ccc2nc(-c3ccc(NC(=O)C[N+](=O)[O-])cc3)sc2c1. The first-order chi connectivity index (χ1) is 11.0. The van der Waals surface area contributed by atoms with Gasteiger partial charge in [-0.1, -0.05) is 6.07 Å². The lowest BCUT2D eigenvalue weighted by Crippen LogP contribution is -2.21. The quantitative estimate of drug-likeness (QED) is 0.587. The van der Waals surface area contributed by atoms with Gasteiger partial charge in [0.05, 0.1) is 10.2 Å². The molecule has 0 bridgehead atoms. The fourth-order valence-corrected chi connectivity index (χ4v) is 3.24. The average molecular weight is 327 g/mol. The normalized spacial score (nSPS) is 10.7. The number of benzene rings is 2. The Kier molecular flexibility index (Phi) is 4.03. The maximum Gasteiger partial charge on any atom is 0.296 e. The molecule has 1 aromatic heterocycles. The number of carbonyl (C=O) groups is 1. The minimum atomic E-state index is -0.737. The highest BCUT2D eigenvalue weighted by Crippen LogP contribution is 2.31. The fraction of sp³-hybridized carbons (Fsp3) is 0.125. The summed E-state index contributed by atoms with van der Waals surface area (Å²) in [4.78, 5) is 25.6. The maximum absolute atomic E-state index is 11.4. The number of carbonyl (C=O) groups excluding carboxylic acids is 1. The Morgan fingerprint density at radius 1 is 1.26 bits per heavy atom. The number of aryl methyl sites for hydroxylation is 1. The Morgan fingerprint density at radius 3 is 2.70 bits per heavy atom. The molecule has 116 valence electrons. The van der Waals surface area contributed by atoms with Crippen molar-refractivity contribution in [2.45, 2.75) is 6.92 Å². The van der Waals surface area contributed by atoms with Crippen molar-refractivity contribution in [1.29, 1.82) is 0 Å². The number of amides is 1. The summed E-state index contributed by atoms with van der Waals surface area (Å²) < 4.78 is 1.13. The van der Waals surface area contributed by atoms with Gasteiger partial charge in [0.25, 0.3) is 12.5 Å². The summed E-state index contributed by atoms with van der Waals surface area (Å²) in [5.41, 5.74) is 3.61. The van der Waals surface area contributed by atoms with Crippen molar-refractivity contribution in [3.05, 3.63) is 58.1 Å². The molecule has 1 N–H and O–H groups in total. The van der Waals surface area contributed by atoms with E-state index in [0.29, 0.717) is 5.69 Å². The van der Waals surface area contributed by atoms with Crippen molar-refractivity contribution in [3.63, 3.8) is 0 Å². The molecule has 23 heavy (non-hydrogen) atoms. The van der Waals surface area contributed by atoms with Crippen molar-refractivity contribution in [2.75, 3.05) is 11.9 Å². The third-order valence-corrected chi connectivity index (χ3v) is 4.30. The van der Waals surface area contributed by atoms with Gasteiger partial charge in [-0.3, -0.25) is 14.9 Å². The van der Waals surface area contributed by atoms with Crippen LogP contribution < -0.4 is 5.32 Å². The minimum Gasteiger partial charge on any atom is -0.320 e. The number of hydrogen-bond acceptors (Lipinski definition) is 5. The fourth-order valence-electron chi connectivity index (χ4n) is 2.17. The molecule has 0 radical (unpaired) electrons. The summed E-state index contributed by atoms with van der Waals surface area (Å²) in [6, 6.07) is 13.2. The van der Waals surface area contributed by atoms with Gasteiger partial charge in [-0.05, 0) is 48.9 Å². The number of rotatable bonds is 4. The highest BCUT2D eigenvalue weighted by molar-refractivity contribution is 7.21. The summed E-state index contributed by atoms with van der Waals surface area (Å²) in [6.45, 7) is 1.31. The summed E-state index contributed by atoms with van der Waals surface area (Å²) in [5, 5.41) is 13.7. The van der Waals surface area contributed by atoms with E-state index < -0.39 is 17.4 Å². The van der Waals surface area contributed by atoms with Crippen molar-refractivity contribution in [1.82, 2.24) is 4.98 Å². The molecule has 0 unspecified atom stereocenters. The molecule has 1 amide bonds. The van der Waals surface area contributed by atoms with Crippen molar-refractivity contribution in [2.24, 2.45) is 0 Å². The van der Waals surface area contributed by atoms with Gasteiger partial charge < -0.3 is 5.32 Å². The molecule has 0 aliphatic rings. The van der Waals surface area contributed by atoms with Crippen LogP contribution in [-0.2, 0) is 4.79 Å². The van der Waals surface area contributed by atoms with E-state index in [0.717, 1.165) is 20.8 Å². The number of nitrogens with one attached hydrogen (secondary N) is 1. The summed E-state index contributed by atoms with van der Waals surface area (Å²) >= 11 is 1.60. The Hall–Kier alpha value is -2.80. The van der Waals surface area contributed by atoms with Gasteiger partial charge in [-0.15, -0.1) is 11.3 Å². The van der Waals surface area contributed by atoms with Crippen LogP contribution in [0.15, 0.2) is 42.5 Å². The van der Waals surface area contributed by atoms with Crippen molar-refractivity contribution < 1.29 is 9.72 Å². The zero-order valence-electron chi connectivity index (χ0n) is 12.3. The molecule has 0 saturated carbocycles. The second kappa shape index (κ2) is 6.13. The second-order valence-electron chi connectivity index (χ2n) is 5.11. The Morgan fingerprint density at radius 2 is 2.00 bits per heavy atom. The van der Waals surface area contributed by atoms with E-state index in [1.165, 1.54) is 5.56 Å². The van der Waals surface area contributed by atoms with Crippen LogP contribution in [-0.4, -0.2) is 22.4 Å². The first kappa shape index (κ1) is 15.1. The molecule has 0 spiro atoms. The van der Waals surface area contributed by atoms with Gasteiger partial charge in [0.2, 0.25) is 0 Å². The summed E-state index contributed by atoms with van der Waals surface area (Å²) in [6.07, 6.45) is 0. The predicted molar refractivity (Wildman–Crippen MR) is 90.3 cm³/mol. The summed E-state index contributed by atoms with van der Waals surface area (Å²) in [5.74, 6) is -0.641. The predicted octanol–water partition coefficient (Wildman–Crippen LogP) is 3.49. The van der Waals surface area contributed by atoms with Crippen LogP contribution in [0.3, 0.4) is 0 Å². The van der Waals surface area contributed by atoms with E-state index >= 15 is 0 Å². The number of nitrogens with zero attached hydrogens (tertiary/aromatic N) is 2. The van der Waals surface area contributed by atoms with E-state index in [1.54, 1.807) is 23.5 Å². The molecule has 0 atom stereocenters. The van der Waals surface area contributed by atoms with Crippen molar-refractivity contribution in [3.8, 4) is 10.6 Å². The van der Waals surface area contributed by atoms with Crippen LogP contribution in [0.4, 0.5) is 5.69 Å². The smallest absolute Gasteiger partial charge is 0.296 e. The number of anilines is 1. The van der Waals surface area contributed by atoms with Crippen LogP contribution >= 0.6 is 11.3 Å². The lowest BCUT2D eigenvalue weighted by Gasteiger charge is -2.03. The number of aromatic nitrogens is 1. The molecule has 0 aliphatic heterocycles. The van der Waals surface area contributed by atoms with Gasteiger partial charge in [-0.2, -0.15) is 0 Å². The first-order valence-corrected chi connectivity index (χ1v) is 7.72. The topological polar surface area (TPSA) is 85.1 Å². The standard InChI is InChI=1S/C16H13N3O3S/c1-10-2-7-13-14(8-10)23-16(18-13)11-3-5-12(6-4-11)17-15(20)9-19(21)22/h2-8H,9H2,1H3,(H,17,20). The molecular formula is C16H13N3O3S. The number of hydrogen-bond donors (Lipinski definition) is 1. The number of nitro groups is 1. The molecule has 0 saturated heterocycles. The molecule has 2 aromatic carbocycles. The van der Waals surface area contributed by atoms with E-state index in [9.17, 15) is 14.9 Å². The number of thiazole rings is 1.